The second-order valence-corrected chi connectivity index (χ2v) is 7.26. The molecule has 6 heteroatoms. The molecular formula is C25H19N3O3. The van der Waals surface area contributed by atoms with Crippen molar-refractivity contribution in [1.82, 2.24) is 14.7 Å². The molecule has 5 aromatic rings. The van der Waals surface area contributed by atoms with Crippen LogP contribution >= 0.6 is 0 Å². The summed E-state index contributed by atoms with van der Waals surface area (Å²) in [7, 11) is 1.61. The largest absolute Gasteiger partial charge is 0.497 e. The minimum absolute atomic E-state index is 0.0996. The molecule has 0 aliphatic heterocycles. The van der Waals surface area contributed by atoms with E-state index in [0.717, 1.165) is 22.2 Å². The lowest BCUT2D eigenvalue weighted by molar-refractivity contribution is 0.414. The van der Waals surface area contributed by atoms with Crippen molar-refractivity contribution in [2.45, 2.75) is 6.92 Å². The Morgan fingerprint density at radius 2 is 1.74 bits per heavy atom. The van der Waals surface area contributed by atoms with E-state index in [1.165, 1.54) is 0 Å². The van der Waals surface area contributed by atoms with Crippen LogP contribution in [0.25, 0.3) is 39.3 Å². The van der Waals surface area contributed by atoms with Crippen molar-refractivity contribution in [1.29, 1.82) is 0 Å². The Morgan fingerprint density at radius 3 is 2.55 bits per heavy atom. The van der Waals surface area contributed by atoms with Gasteiger partial charge < -0.3 is 9.26 Å². The molecule has 0 aliphatic rings. The molecule has 5 rings (SSSR count). The van der Waals surface area contributed by atoms with E-state index in [1.807, 2.05) is 79.7 Å². The Balaban J connectivity index is 1.71. The van der Waals surface area contributed by atoms with Gasteiger partial charge in [0.05, 0.1) is 12.7 Å². The summed E-state index contributed by atoms with van der Waals surface area (Å²) in [6.07, 6.45) is 1.77. The van der Waals surface area contributed by atoms with Crippen LogP contribution in [0.15, 0.2) is 88.3 Å². The minimum atomic E-state index is -0.0996. The summed E-state index contributed by atoms with van der Waals surface area (Å²) in [4.78, 5) is 17.8. The fourth-order valence-corrected chi connectivity index (χ4v) is 3.64. The fraction of sp³-hybridized carbons (Fsp3) is 0.0800. The number of pyridine rings is 1. The molecule has 0 spiro atoms. The number of hydrogen-bond acceptors (Lipinski definition) is 5. The fourth-order valence-electron chi connectivity index (χ4n) is 3.64. The summed E-state index contributed by atoms with van der Waals surface area (Å²) >= 11 is 0. The molecule has 3 aromatic carbocycles. The molecular weight excluding hydrogens is 390 g/mol. The highest BCUT2D eigenvalue weighted by atomic mass is 16.5. The highest BCUT2D eigenvalue weighted by Crippen LogP contribution is 2.29. The van der Waals surface area contributed by atoms with Crippen LogP contribution in [-0.2, 0) is 0 Å². The van der Waals surface area contributed by atoms with E-state index in [1.54, 1.807) is 17.9 Å². The van der Waals surface area contributed by atoms with Gasteiger partial charge in [0.2, 0.25) is 5.82 Å². The Bertz CT molecular complexity index is 1470. The third-order valence-electron chi connectivity index (χ3n) is 5.19. The second kappa shape index (κ2) is 7.57. The van der Waals surface area contributed by atoms with E-state index >= 15 is 0 Å². The highest BCUT2D eigenvalue weighted by molar-refractivity contribution is 5.94. The third-order valence-corrected chi connectivity index (χ3v) is 5.19. The first-order valence-electron chi connectivity index (χ1n) is 9.84. The maximum absolute atomic E-state index is 13.2. The van der Waals surface area contributed by atoms with Crippen LogP contribution in [0.2, 0.25) is 0 Å². The summed E-state index contributed by atoms with van der Waals surface area (Å²) < 4.78 is 12.5. The number of ether oxygens (including phenoxy) is 1. The average Bonchev–Trinajstić information content (AvgIpc) is 3.30. The number of methoxy groups -OCH3 is 1. The Labute approximate surface area is 178 Å². The summed E-state index contributed by atoms with van der Waals surface area (Å²) in [5.74, 6) is 1.50. The van der Waals surface area contributed by atoms with Crippen molar-refractivity contribution >= 4 is 10.8 Å². The van der Waals surface area contributed by atoms with E-state index < -0.39 is 0 Å². The molecule has 0 N–H and O–H groups in total. The number of aromatic nitrogens is 3. The van der Waals surface area contributed by atoms with Gasteiger partial charge in [-0.25, -0.2) is 0 Å². The lowest BCUT2D eigenvalue weighted by Gasteiger charge is -2.11. The van der Waals surface area contributed by atoms with Gasteiger partial charge in [-0.05, 0) is 42.8 Å². The van der Waals surface area contributed by atoms with E-state index in [0.29, 0.717) is 28.4 Å². The molecule has 0 fully saturated rings. The van der Waals surface area contributed by atoms with Gasteiger partial charge >= 0.3 is 0 Å². The van der Waals surface area contributed by atoms with Crippen LogP contribution < -0.4 is 10.3 Å². The highest BCUT2D eigenvalue weighted by Gasteiger charge is 2.17. The van der Waals surface area contributed by atoms with Gasteiger partial charge in [0, 0.05) is 28.2 Å². The number of fused-ring (bicyclic) bond motifs is 1. The Hall–Kier alpha value is -4.19. The van der Waals surface area contributed by atoms with Crippen molar-refractivity contribution in [2.75, 3.05) is 7.11 Å². The zero-order chi connectivity index (χ0) is 21.4. The van der Waals surface area contributed by atoms with E-state index in [-0.39, 0.29) is 5.56 Å². The molecule has 2 heterocycles. The molecule has 0 atom stereocenters. The monoisotopic (exact) mass is 409 g/mol. The van der Waals surface area contributed by atoms with Crippen LogP contribution in [0.3, 0.4) is 0 Å². The predicted molar refractivity (Wildman–Crippen MR) is 120 cm³/mol. The van der Waals surface area contributed by atoms with Gasteiger partial charge in [-0.2, -0.15) is 4.98 Å². The first-order valence-corrected chi connectivity index (χ1v) is 9.84. The van der Waals surface area contributed by atoms with Crippen LogP contribution in [0.4, 0.5) is 0 Å². The lowest BCUT2D eigenvalue weighted by Crippen LogP contribution is -2.18. The average molecular weight is 409 g/mol. The Morgan fingerprint density at radius 1 is 0.935 bits per heavy atom. The second-order valence-electron chi connectivity index (χ2n) is 7.26. The van der Waals surface area contributed by atoms with E-state index in [4.69, 9.17) is 9.26 Å². The van der Waals surface area contributed by atoms with Gasteiger partial charge in [-0.3, -0.25) is 9.36 Å². The number of hydrogen-bond donors (Lipinski definition) is 0. The first kappa shape index (κ1) is 18.8. The van der Waals surface area contributed by atoms with Crippen LogP contribution in [-0.4, -0.2) is 21.8 Å². The molecule has 0 radical (unpaired) electrons. The van der Waals surface area contributed by atoms with E-state index in [9.17, 15) is 4.79 Å². The molecule has 0 unspecified atom stereocenters. The predicted octanol–water partition coefficient (Wildman–Crippen LogP) is 5.02. The van der Waals surface area contributed by atoms with Crippen LogP contribution in [0.1, 0.15) is 5.56 Å². The number of benzene rings is 3. The summed E-state index contributed by atoms with van der Waals surface area (Å²) in [6.45, 7) is 1.99. The topological polar surface area (TPSA) is 70.2 Å². The summed E-state index contributed by atoms with van der Waals surface area (Å²) in [5.41, 5.74) is 3.23. The van der Waals surface area contributed by atoms with Gasteiger partial charge in [0.15, 0.2) is 0 Å². The Kier molecular flexibility index (Phi) is 4.59. The van der Waals surface area contributed by atoms with Gasteiger partial charge in [-0.15, -0.1) is 0 Å². The maximum Gasteiger partial charge on any atom is 0.262 e. The molecule has 31 heavy (non-hydrogen) atoms. The number of aryl methyl sites for hydroxylation is 1. The molecule has 152 valence electrons. The van der Waals surface area contributed by atoms with Crippen LogP contribution in [0, 0.1) is 6.92 Å². The molecule has 0 saturated carbocycles. The standard InChI is InChI=1S/C25H19N3O3/c1-16-7-5-9-18(13-16)28-15-22(20-11-3-4-12-21(20)25(28)29)24-26-23(27-31-24)17-8-6-10-19(14-17)30-2/h3-15H,1-2H3. The minimum Gasteiger partial charge on any atom is -0.497 e. The molecule has 2 aromatic heterocycles. The van der Waals surface area contributed by atoms with Gasteiger partial charge in [0.25, 0.3) is 11.4 Å². The number of rotatable bonds is 4. The van der Waals surface area contributed by atoms with Gasteiger partial charge in [0.1, 0.15) is 5.75 Å². The van der Waals surface area contributed by atoms with Gasteiger partial charge in [-0.1, -0.05) is 47.6 Å². The molecule has 0 amide bonds. The maximum atomic E-state index is 13.2. The SMILES string of the molecule is COc1cccc(-c2noc(-c3cn(-c4cccc(C)c4)c(=O)c4ccccc34)n2)c1. The molecule has 6 nitrogen and oxygen atoms in total. The van der Waals surface area contributed by atoms with E-state index in [2.05, 4.69) is 10.1 Å². The third kappa shape index (κ3) is 3.38. The smallest absolute Gasteiger partial charge is 0.262 e. The summed E-state index contributed by atoms with van der Waals surface area (Å²) in [6, 6.07) is 22.7. The molecule has 0 aliphatic carbocycles. The molecule has 0 saturated heterocycles. The van der Waals surface area contributed by atoms with Crippen molar-refractivity contribution in [3.05, 3.63) is 94.9 Å². The normalized spacial score (nSPS) is 11.0. The number of nitrogens with zero attached hydrogens (tertiary/aromatic N) is 3. The van der Waals surface area contributed by atoms with Crippen molar-refractivity contribution in [2.24, 2.45) is 0 Å². The van der Waals surface area contributed by atoms with Crippen LogP contribution in [0.5, 0.6) is 5.75 Å². The first-order chi connectivity index (χ1) is 15.1. The van der Waals surface area contributed by atoms with Crippen molar-refractivity contribution in [3.63, 3.8) is 0 Å². The van der Waals surface area contributed by atoms with Crippen molar-refractivity contribution < 1.29 is 9.26 Å². The van der Waals surface area contributed by atoms with Crippen molar-refractivity contribution in [3.8, 4) is 34.3 Å². The lowest BCUT2D eigenvalue weighted by atomic mass is 10.1. The molecule has 0 bridgehead atoms. The zero-order valence-electron chi connectivity index (χ0n) is 17.1. The quantitative estimate of drug-likeness (QED) is 0.417. The zero-order valence-corrected chi connectivity index (χ0v) is 17.1. The summed E-state index contributed by atoms with van der Waals surface area (Å²) in [5, 5.41) is 5.50.